The minimum Gasteiger partial charge on any atom is -0.282 e. The van der Waals surface area contributed by atoms with Crippen LogP contribution in [0.5, 0.6) is 0 Å². The number of aryl methyl sites for hydroxylation is 2. The lowest BCUT2D eigenvalue weighted by atomic mass is 9.88. The minimum atomic E-state index is -4.10. The molecule has 0 saturated carbocycles. The molecule has 0 aliphatic heterocycles. The van der Waals surface area contributed by atoms with Crippen molar-refractivity contribution < 1.29 is 13.0 Å². The molecular weight excluding hydrogens is 224 g/mol. The summed E-state index contributed by atoms with van der Waals surface area (Å²) < 4.78 is 32.2. The fourth-order valence-corrected chi connectivity index (χ4v) is 3.56. The zero-order valence-electron chi connectivity index (χ0n) is 9.58. The normalized spacial score (nSPS) is 15.9. The van der Waals surface area contributed by atoms with Crippen LogP contribution in [0.1, 0.15) is 35.1 Å². The van der Waals surface area contributed by atoms with Gasteiger partial charge in [0.1, 0.15) is 4.90 Å². The van der Waals surface area contributed by atoms with Crippen molar-refractivity contribution in [1.82, 2.24) is 0 Å². The first-order valence-electron chi connectivity index (χ1n) is 5.50. The van der Waals surface area contributed by atoms with Gasteiger partial charge in [-0.1, -0.05) is 6.07 Å². The van der Waals surface area contributed by atoms with E-state index in [1.165, 1.54) is 0 Å². The van der Waals surface area contributed by atoms with Crippen LogP contribution in [0, 0.1) is 13.8 Å². The third-order valence-electron chi connectivity index (χ3n) is 3.37. The molecule has 16 heavy (non-hydrogen) atoms. The van der Waals surface area contributed by atoms with Gasteiger partial charge in [-0.2, -0.15) is 8.42 Å². The first-order valence-corrected chi connectivity index (χ1v) is 6.94. The van der Waals surface area contributed by atoms with Gasteiger partial charge < -0.3 is 0 Å². The number of hydrogen-bond donors (Lipinski definition) is 1. The predicted octanol–water partition coefficient (Wildman–Crippen LogP) is 2.43. The van der Waals surface area contributed by atoms with Gasteiger partial charge in [0.15, 0.2) is 0 Å². The van der Waals surface area contributed by atoms with Crippen LogP contribution >= 0.6 is 0 Å². The molecule has 2 rings (SSSR count). The predicted molar refractivity (Wildman–Crippen MR) is 62.4 cm³/mol. The Kier molecular flexibility index (Phi) is 2.80. The van der Waals surface area contributed by atoms with E-state index in [2.05, 4.69) is 6.07 Å². The zero-order valence-corrected chi connectivity index (χ0v) is 10.4. The Labute approximate surface area is 96.2 Å². The van der Waals surface area contributed by atoms with E-state index in [1.807, 2.05) is 6.92 Å². The van der Waals surface area contributed by atoms with Crippen LogP contribution in [0.3, 0.4) is 0 Å². The van der Waals surface area contributed by atoms with E-state index < -0.39 is 10.1 Å². The van der Waals surface area contributed by atoms with Gasteiger partial charge in [0.25, 0.3) is 10.1 Å². The highest BCUT2D eigenvalue weighted by Crippen LogP contribution is 2.31. The molecule has 0 atom stereocenters. The van der Waals surface area contributed by atoms with Crippen LogP contribution in [0.25, 0.3) is 0 Å². The smallest absolute Gasteiger partial charge is 0.282 e. The van der Waals surface area contributed by atoms with Crippen LogP contribution in [0.4, 0.5) is 0 Å². The van der Waals surface area contributed by atoms with Crippen LogP contribution < -0.4 is 0 Å². The van der Waals surface area contributed by atoms with Crippen molar-refractivity contribution in [3.8, 4) is 0 Å². The standard InChI is InChI=1S/C12H16O3S/c1-8-7-10-5-3-4-6-11(10)12(9(8)2)16(13,14)15/h7H,3-6H2,1-2H3,(H,13,14,15). The van der Waals surface area contributed by atoms with E-state index in [-0.39, 0.29) is 4.90 Å². The van der Waals surface area contributed by atoms with Gasteiger partial charge >= 0.3 is 0 Å². The second-order valence-electron chi connectivity index (χ2n) is 4.47. The van der Waals surface area contributed by atoms with Crippen molar-refractivity contribution >= 4 is 10.1 Å². The Morgan fingerprint density at radius 1 is 1.19 bits per heavy atom. The van der Waals surface area contributed by atoms with Crippen LogP contribution in [0.2, 0.25) is 0 Å². The van der Waals surface area contributed by atoms with E-state index in [0.29, 0.717) is 5.56 Å². The first-order chi connectivity index (χ1) is 7.41. The maximum absolute atomic E-state index is 11.4. The molecule has 1 aliphatic carbocycles. The van der Waals surface area contributed by atoms with Crippen molar-refractivity contribution in [2.45, 2.75) is 44.4 Å². The molecule has 1 N–H and O–H groups in total. The van der Waals surface area contributed by atoms with Gasteiger partial charge in [0.2, 0.25) is 0 Å². The molecule has 0 amide bonds. The summed E-state index contributed by atoms with van der Waals surface area (Å²) in [6.45, 7) is 3.65. The maximum atomic E-state index is 11.4. The Hall–Kier alpha value is -0.870. The van der Waals surface area contributed by atoms with Crippen LogP contribution in [-0.2, 0) is 23.0 Å². The molecule has 0 bridgehead atoms. The number of benzene rings is 1. The van der Waals surface area contributed by atoms with Crippen molar-refractivity contribution in [2.24, 2.45) is 0 Å². The molecule has 0 fully saturated rings. The SMILES string of the molecule is Cc1cc2c(c(S(=O)(=O)O)c1C)CCCC2. The molecule has 0 aromatic heterocycles. The number of fused-ring (bicyclic) bond motifs is 1. The number of rotatable bonds is 1. The summed E-state index contributed by atoms with van der Waals surface area (Å²) in [6, 6.07) is 2.05. The number of hydrogen-bond acceptors (Lipinski definition) is 2. The third-order valence-corrected chi connectivity index (χ3v) is 4.43. The Morgan fingerprint density at radius 2 is 1.81 bits per heavy atom. The monoisotopic (exact) mass is 240 g/mol. The second kappa shape index (κ2) is 3.86. The molecule has 0 saturated heterocycles. The molecule has 1 aromatic rings. The summed E-state index contributed by atoms with van der Waals surface area (Å²) in [6.07, 6.45) is 3.77. The second-order valence-corrected chi connectivity index (χ2v) is 5.83. The van der Waals surface area contributed by atoms with Crippen molar-refractivity contribution in [2.75, 3.05) is 0 Å². The highest BCUT2D eigenvalue weighted by atomic mass is 32.2. The van der Waals surface area contributed by atoms with Gasteiger partial charge in [0.05, 0.1) is 0 Å². The fourth-order valence-electron chi connectivity index (χ4n) is 2.47. The average Bonchev–Trinajstić information content (AvgIpc) is 2.17. The molecule has 0 unspecified atom stereocenters. The highest BCUT2D eigenvalue weighted by Gasteiger charge is 2.24. The molecule has 3 nitrogen and oxygen atoms in total. The summed E-state index contributed by atoms with van der Waals surface area (Å²) in [7, 11) is -4.10. The van der Waals surface area contributed by atoms with Gasteiger partial charge in [-0.25, -0.2) is 0 Å². The Balaban J connectivity index is 2.79. The van der Waals surface area contributed by atoms with Gasteiger partial charge in [-0.05, 0) is 61.8 Å². The fraction of sp³-hybridized carbons (Fsp3) is 0.500. The summed E-state index contributed by atoms with van der Waals surface area (Å²) in [5.74, 6) is 0. The van der Waals surface area contributed by atoms with Gasteiger partial charge in [-0.3, -0.25) is 4.55 Å². The molecule has 4 heteroatoms. The topological polar surface area (TPSA) is 54.4 Å². The van der Waals surface area contributed by atoms with Crippen LogP contribution in [0.15, 0.2) is 11.0 Å². The Morgan fingerprint density at radius 3 is 2.44 bits per heavy atom. The summed E-state index contributed by atoms with van der Waals surface area (Å²) >= 11 is 0. The highest BCUT2D eigenvalue weighted by molar-refractivity contribution is 7.86. The van der Waals surface area contributed by atoms with Crippen molar-refractivity contribution in [3.63, 3.8) is 0 Å². The Bertz CT molecular complexity index is 530. The molecule has 1 aliphatic rings. The van der Waals surface area contributed by atoms with Crippen molar-refractivity contribution in [3.05, 3.63) is 28.3 Å². The molecule has 0 spiro atoms. The molecular formula is C12H16O3S. The largest absolute Gasteiger partial charge is 0.295 e. The first kappa shape index (κ1) is 11.6. The molecule has 0 radical (unpaired) electrons. The minimum absolute atomic E-state index is 0.155. The van der Waals surface area contributed by atoms with Gasteiger partial charge in [0, 0.05) is 0 Å². The van der Waals surface area contributed by atoms with E-state index in [4.69, 9.17) is 0 Å². The summed E-state index contributed by atoms with van der Waals surface area (Å²) in [5.41, 5.74) is 3.54. The molecule has 88 valence electrons. The molecule has 0 heterocycles. The van der Waals surface area contributed by atoms with Gasteiger partial charge in [-0.15, -0.1) is 0 Å². The lowest BCUT2D eigenvalue weighted by Gasteiger charge is -2.21. The average molecular weight is 240 g/mol. The van der Waals surface area contributed by atoms with E-state index in [0.717, 1.165) is 42.4 Å². The van der Waals surface area contributed by atoms with Crippen molar-refractivity contribution in [1.29, 1.82) is 0 Å². The zero-order chi connectivity index (χ0) is 11.9. The van der Waals surface area contributed by atoms with E-state index in [9.17, 15) is 13.0 Å². The molecule has 1 aromatic carbocycles. The maximum Gasteiger partial charge on any atom is 0.295 e. The van der Waals surface area contributed by atoms with E-state index >= 15 is 0 Å². The quantitative estimate of drug-likeness (QED) is 0.767. The van der Waals surface area contributed by atoms with E-state index in [1.54, 1.807) is 6.92 Å². The summed E-state index contributed by atoms with van der Waals surface area (Å²) in [4.78, 5) is 0.155. The lowest BCUT2D eigenvalue weighted by molar-refractivity contribution is 0.480. The summed E-state index contributed by atoms with van der Waals surface area (Å²) in [5, 5.41) is 0. The third kappa shape index (κ3) is 1.87. The van der Waals surface area contributed by atoms with Crippen LogP contribution in [-0.4, -0.2) is 13.0 Å². The lowest BCUT2D eigenvalue weighted by Crippen LogP contribution is -2.13.